The maximum Gasteiger partial charge on any atom is 0.251 e. The van der Waals surface area contributed by atoms with Crippen LogP contribution in [0, 0.1) is 0 Å². The average molecular weight is 375 g/mol. The quantitative estimate of drug-likeness (QED) is 0.740. The molecule has 1 amide bonds. The van der Waals surface area contributed by atoms with Crippen molar-refractivity contribution in [2.45, 2.75) is 17.9 Å². The highest BCUT2D eigenvalue weighted by atomic mass is 32.2. The van der Waals surface area contributed by atoms with Crippen LogP contribution in [0.5, 0.6) is 0 Å². The van der Waals surface area contributed by atoms with E-state index in [1.54, 1.807) is 0 Å². The number of hydrogen-bond acceptors (Lipinski definition) is 4. The average Bonchev–Trinajstić information content (AvgIpc) is 2.62. The van der Waals surface area contributed by atoms with Crippen molar-refractivity contribution >= 4 is 15.9 Å². The van der Waals surface area contributed by atoms with Crippen LogP contribution in [0.2, 0.25) is 0 Å². The lowest BCUT2D eigenvalue weighted by atomic mass is 10.1. The van der Waals surface area contributed by atoms with Crippen molar-refractivity contribution in [2.75, 3.05) is 27.2 Å². The minimum Gasteiger partial charge on any atom is -0.346 e. The van der Waals surface area contributed by atoms with E-state index in [9.17, 15) is 13.2 Å². The summed E-state index contributed by atoms with van der Waals surface area (Å²) in [6, 6.07) is 15.4. The fourth-order valence-electron chi connectivity index (χ4n) is 2.38. The monoisotopic (exact) mass is 375 g/mol. The summed E-state index contributed by atoms with van der Waals surface area (Å²) in [5, 5.41) is 2.91. The summed E-state index contributed by atoms with van der Waals surface area (Å²) in [7, 11) is 0.173. The van der Waals surface area contributed by atoms with E-state index in [1.807, 2.05) is 56.3 Å². The summed E-state index contributed by atoms with van der Waals surface area (Å²) in [4.78, 5) is 14.4. The molecule has 2 aromatic rings. The highest BCUT2D eigenvalue weighted by Gasteiger charge is 2.15. The molecule has 0 heterocycles. The van der Waals surface area contributed by atoms with E-state index in [2.05, 4.69) is 10.0 Å². The van der Waals surface area contributed by atoms with Crippen LogP contribution >= 0.6 is 0 Å². The minimum absolute atomic E-state index is 0.139. The molecule has 0 saturated carbocycles. The van der Waals surface area contributed by atoms with Crippen LogP contribution in [0.3, 0.4) is 0 Å². The fraction of sp³-hybridized carbons (Fsp3) is 0.316. The Labute approximate surface area is 155 Å². The Bertz CT molecular complexity index is 819. The molecule has 0 aliphatic carbocycles. The summed E-state index contributed by atoms with van der Waals surface area (Å²) >= 11 is 0. The number of benzene rings is 2. The summed E-state index contributed by atoms with van der Waals surface area (Å²) in [5.74, 6) is -0.245. The van der Waals surface area contributed by atoms with Gasteiger partial charge in [0.1, 0.15) is 0 Å². The van der Waals surface area contributed by atoms with E-state index in [1.165, 1.54) is 24.3 Å². The zero-order valence-corrected chi connectivity index (χ0v) is 16.1. The van der Waals surface area contributed by atoms with Gasteiger partial charge < -0.3 is 10.2 Å². The lowest BCUT2D eigenvalue weighted by molar-refractivity contribution is 0.0940. The molecule has 1 unspecified atom stereocenters. The van der Waals surface area contributed by atoms with E-state index < -0.39 is 10.0 Å². The third-order valence-corrected chi connectivity index (χ3v) is 5.40. The first kappa shape index (κ1) is 20.1. The van der Waals surface area contributed by atoms with Gasteiger partial charge in [-0.25, -0.2) is 13.1 Å². The number of carbonyl (C=O) groups excluding carboxylic acids is 1. The van der Waals surface area contributed by atoms with Gasteiger partial charge in [-0.05, 0) is 50.8 Å². The van der Waals surface area contributed by atoms with Crippen LogP contribution in [0.1, 0.15) is 28.9 Å². The molecule has 0 saturated heterocycles. The molecule has 7 heteroatoms. The number of hydrogen-bond donors (Lipinski definition) is 2. The summed E-state index contributed by atoms with van der Waals surface area (Å²) in [6.07, 6.45) is 0. The molecule has 1 atom stereocenters. The molecule has 2 aromatic carbocycles. The molecule has 0 aromatic heterocycles. The molecule has 2 rings (SSSR count). The van der Waals surface area contributed by atoms with Crippen molar-refractivity contribution in [1.29, 1.82) is 0 Å². The molecule has 140 valence electrons. The van der Waals surface area contributed by atoms with Crippen LogP contribution in [0.25, 0.3) is 0 Å². The maximum atomic E-state index is 12.4. The first-order valence-corrected chi connectivity index (χ1v) is 9.88. The smallest absolute Gasteiger partial charge is 0.251 e. The first-order chi connectivity index (χ1) is 12.3. The van der Waals surface area contributed by atoms with Gasteiger partial charge in [-0.2, -0.15) is 0 Å². The van der Waals surface area contributed by atoms with Crippen LogP contribution in [-0.4, -0.2) is 46.4 Å². The van der Waals surface area contributed by atoms with Gasteiger partial charge in [0.05, 0.1) is 10.9 Å². The molecular formula is C19H25N3O3S. The summed E-state index contributed by atoms with van der Waals surface area (Å²) in [6.45, 7) is 2.84. The van der Waals surface area contributed by atoms with Gasteiger partial charge in [-0.15, -0.1) is 0 Å². The second kappa shape index (κ2) is 8.93. The second-order valence-electron chi connectivity index (χ2n) is 6.33. The Morgan fingerprint density at radius 1 is 1.04 bits per heavy atom. The van der Waals surface area contributed by atoms with Gasteiger partial charge in [-0.1, -0.05) is 30.3 Å². The topological polar surface area (TPSA) is 78.5 Å². The number of carbonyl (C=O) groups is 1. The van der Waals surface area contributed by atoms with Crippen molar-refractivity contribution in [3.05, 3.63) is 65.7 Å². The van der Waals surface area contributed by atoms with Crippen LogP contribution in [-0.2, 0) is 10.0 Å². The highest BCUT2D eigenvalue weighted by molar-refractivity contribution is 7.89. The Kier molecular flexibility index (Phi) is 6.90. The van der Waals surface area contributed by atoms with Crippen molar-refractivity contribution in [3.8, 4) is 0 Å². The molecule has 0 radical (unpaired) electrons. The number of nitrogens with one attached hydrogen (secondary N) is 2. The predicted octanol–water partition coefficient (Wildman–Crippen LogP) is 2.02. The van der Waals surface area contributed by atoms with Crippen molar-refractivity contribution in [2.24, 2.45) is 0 Å². The molecule has 26 heavy (non-hydrogen) atoms. The normalized spacial score (nSPS) is 12.8. The highest BCUT2D eigenvalue weighted by Crippen LogP contribution is 2.14. The van der Waals surface area contributed by atoms with Gasteiger partial charge in [0, 0.05) is 18.7 Å². The van der Waals surface area contributed by atoms with E-state index in [0.29, 0.717) is 18.7 Å². The number of rotatable bonds is 8. The van der Waals surface area contributed by atoms with Crippen LogP contribution in [0.15, 0.2) is 59.5 Å². The van der Waals surface area contributed by atoms with Gasteiger partial charge in [0.2, 0.25) is 10.0 Å². The maximum absolute atomic E-state index is 12.4. The molecule has 0 fully saturated rings. The Morgan fingerprint density at radius 2 is 1.65 bits per heavy atom. The summed E-state index contributed by atoms with van der Waals surface area (Å²) < 4.78 is 27.0. The third kappa shape index (κ3) is 5.66. The lowest BCUT2D eigenvalue weighted by Gasteiger charge is -2.14. The summed E-state index contributed by atoms with van der Waals surface area (Å²) in [5.41, 5.74) is 1.42. The molecule has 6 nitrogen and oxygen atoms in total. The lowest BCUT2D eigenvalue weighted by Crippen LogP contribution is -2.31. The van der Waals surface area contributed by atoms with E-state index >= 15 is 0 Å². The number of sulfonamides is 1. The van der Waals surface area contributed by atoms with Gasteiger partial charge in [0.15, 0.2) is 0 Å². The van der Waals surface area contributed by atoms with Gasteiger partial charge >= 0.3 is 0 Å². The second-order valence-corrected chi connectivity index (χ2v) is 8.10. The first-order valence-electron chi connectivity index (χ1n) is 8.40. The van der Waals surface area contributed by atoms with Crippen molar-refractivity contribution in [3.63, 3.8) is 0 Å². The number of likely N-dealkylation sites (N-methyl/N-ethyl adjacent to an activating group) is 1. The van der Waals surface area contributed by atoms with E-state index in [4.69, 9.17) is 0 Å². The van der Waals surface area contributed by atoms with Gasteiger partial charge in [0.25, 0.3) is 5.91 Å². The zero-order chi connectivity index (χ0) is 19.2. The molecule has 0 aliphatic rings. The van der Waals surface area contributed by atoms with Crippen molar-refractivity contribution in [1.82, 2.24) is 14.9 Å². The SMILES string of the molecule is CC(NC(=O)c1ccc(S(=O)(=O)NCCN(C)C)cc1)c1ccccc1. The van der Waals surface area contributed by atoms with Crippen molar-refractivity contribution < 1.29 is 13.2 Å². The third-order valence-electron chi connectivity index (χ3n) is 3.93. The molecule has 2 N–H and O–H groups in total. The Balaban J connectivity index is 2.01. The minimum atomic E-state index is -3.57. The molecular weight excluding hydrogens is 350 g/mol. The largest absolute Gasteiger partial charge is 0.346 e. The van der Waals surface area contributed by atoms with E-state index in [0.717, 1.165) is 5.56 Å². The van der Waals surface area contributed by atoms with Crippen LogP contribution < -0.4 is 10.0 Å². The predicted molar refractivity (Wildman–Crippen MR) is 103 cm³/mol. The zero-order valence-electron chi connectivity index (χ0n) is 15.3. The van der Waals surface area contributed by atoms with Gasteiger partial charge in [-0.3, -0.25) is 4.79 Å². The fourth-order valence-corrected chi connectivity index (χ4v) is 3.40. The Morgan fingerprint density at radius 3 is 2.23 bits per heavy atom. The Hall–Kier alpha value is -2.22. The number of amides is 1. The standard InChI is InChI=1S/C19H25N3O3S/c1-15(16-7-5-4-6-8-16)21-19(23)17-9-11-18(12-10-17)26(24,25)20-13-14-22(2)3/h4-12,15,20H,13-14H2,1-3H3,(H,21,23). The molecule has 0 aliphatic heterocycles. The van der Waals surface area contributed by atoms with E-state index in [-0.39, 0.29) is 16.8 Å². The molecule has 0 spiro atoms. The molecule has 0 bridgehead atoms. The number of nitrogens with zero attached hydrogens (tertiary/aromatic N) is 1. The van der Waals surface area contributed by atoms with Crippen LogP contribution in [0.4, 0.5) is 0 Å².